The Morgan fingerprint density at radius 2 is 1.89 bits per heavy atom. The zero-order chi connectivity index (χ0) is 20.1. The maximum Gasteiger partial charge on any atom is 0.414 e. The zero-order valence-electron chi connectivity index (χ0n) is 15.9. The second kappa shape index (κ2) is 13.4. The van der Waals surface area contributed by atoms with Crippen molar-refractivity contribution in [3.05, 3.63) is 29.3 Å². The maximum absolute atomic E-state index is 9.10. The highest BCUT2D eigenvalue weighted by atomic mass is 35.5. The van der Waals surface area contributed by atoms with E-state index in [2.05, 4.69) is 11.8 Å². The van der Waals surface area contributed by atoms with Crippen LogP contribution < -0.4 is 4.74 Å². The minimum Gasteiger partial charge on any atom is -0.494 e. The van der Waals surface area contributed by atoms with Gasteiger partial charge in [-0.1, -0.05) is 37.4 Å². The van der Waals surface area contributed by atoms with E-state index in [4.69, 9.17) is 36.1 Å². The van der Waals surface area contributed by atoms with Crippen LogP contribution in [-0.2, 0) is 9.59 Å². The van der Waals surface area contributed by atoms with Crippen molar-refractivity contribution in [2.75, 3.05) is 26.2 Å². The van der Waals surface area contributed by atoms with Crippen LogP contribution in [-0.4, -0.2) is 53.3 Å². The van der Waals surface area contributed by atoms with E-state index >= 15 is 0 Å². The highest BCUT2D eigenvalue weighted by Gasteiger charge is 2.15. The van der Waals surface area contributed by atoms with Crippen LogP contribution in [0.3, 0.4) is 0 Å². The van der Waals surface area contributed by atoms with Gasteiger partial charge in [-0.15, -0.1) is 0 Å². The fraction of sp³-hybridized carbons (Fsp3) is 0.600. The van der Waals surface area contributed by atoms with Crippen LogP contribution in [0, 0.1) is 5.92 Å². The van der Waals surface area contributed by atoms with Crippen molar-refractivity contribution >= 4 is 23.5 Å². The Balaban J connectivity index is 0.000000527. The van der Waals surface area contributed by atoms with E-state index in [0.717, 1.165) is 29.7 Å². The summed E-state index contributed by atoms with van der Waals surface area (Å²) < 4.78 is 5.70. The first-order valence-electron chi connectivity index (χ1n) is 9.45. The summed E-state index contributed by atoms with van der Waals surface area (Å²) in [5, 5.41) is 15.5. The third-order valence-electron chi connectivity index (χ3n) is 4.36. The number of piperidine rings is 1. The molecule has 1 atom stereocenters. The van der Waals surface area contributed by atoms with E-state index in [1.54, 1.807) is 0 Å². The maximum atomic E-state index is 9.10. The number of ether oxygens (including phenoxy) is 1. The van der Waals surface area contributed by atoms with Gasteiger partial charge in [-0.3, -0.25) is 0 Å². The molecular formula is C20H30ClNO5. The zero-order valence-corrected chi connectivity index (χ0v) is 16.7. The Bertz CT molecular complexity index is 569. The Morgan fingerprint density at radius 3 is 2.52 bits per heavy atom. The van der Waals surface area contributed by atoms with E-state index in [1.165, 1.54) is 51.7 Å². The number of carboxylic acids is 2. The summed E-state index contributed by atoms with van der Waals surface area (Å²) >= 11 is 5.93. The van der Waals surface area contributed by atoms with Crippen molar-refractivity contribution < 1.29 is 24.5 Å². The molecule has 0 amide bonds. The lowest BCUT2D eigenvalue weighted by molar-refractivity contribution is -0.159. The van der Waals surface area contributed by atoms with Gasteiger partial charge in [0.2, 0.25) is 0 Å². The molecule has 1 unspecified atom stereocenters. The van der Waals surface area contributed by atoms with Crippen LogP contribution >= 0.6 is 11.6 Å². The van der Waals surface area contributed by atoms with Crippen molar-refractivity contribution in [1.29, 1.82) is 0 Å². The number of hydrogen-bond acceptors (Lipinski definition) is 4. The molecular weight excluding hydrogens is 370 g/mol. The van der Waals surface area contributed by atoms with Crippen LogP contribution in [0.2, 0.25) is 5.02 Å². The van der Waals surface area contributed by atoms with Crippen molar-refractivity contribution in [3.8, 4) is 5.75 Å². The number of nitrogens with zero attached hydrogens (tertiary/aromatic N) is 1. The lowest BCUT2D eigenvalue weighted by Crippen LogP contribution is -2.34. The van der Waals surface area contributed by atoms with Gasteiger partial charge >= 0.3 is 11.9 Å². The highest BCUT2D eigenvalue weighted by molar-refractivity contribution is 6.30. The molecule has 1 aromatic rings. The average molecular weight is 400 g/mol. The Hall–Kier alpha value is -1.79. The van der Waals surface area contributed by atoms with Gasteiger partial charge in [-0.05, 0) is 62.9 Å². The summed E-state index contributed by atoms with van der Waals surface area (Å²) in [6, 6.07) is 7.63. The molecule has 0 radical (unpaired) electrons. The molecule has 2 rings (SSSR count). The minimum absolute atomic E-state index is 0.739. The van der Waals surface area contributed by atoms with Gasteiger partial charge in [-0.2, -0.15) is 0 Å². The van der Waals surface area contributed by atoms with Gasteiger partial charge in [0, 0.05) is 11.6 Å². The number of unbranched alkanes of at least 4 members (excludes halogenated alkanes) is 3. The molecule has 1 heterocycles. The van der Waals surface area contributed by atoms with Gasteiger partial charge in [0.15, 0.2) is 0 Å². The second-order valence-electron chi connectivity index (χ2n) is 6.88. The lowest BCUT2D eigenvalue weighted by atomic mass is 10.00. The van der Waals surface area contributed by atoms with Crippen LogP contribution in [0.1, 0.15) is 45.4 Å². The molecule has 1 saturated heterocycles. The van der Waals surface area contributed by atoms with E-state index in [0.29, 0.717) is 0 Å². The molecule has 1 aliphatic rings. The number of carboxylic acid groups (broad SMARTS) is 2. The standard InChI is InChI=1S/C18H28ClNO.C2H2O4/c1-16-8-7-12-20(15-16)11-4-2-3-5-13-21-18-10-6-9-17(19)14-18;3-1(4)2(5)6/h6,9-10,14,16H,2-5,7-8,11-13,15H2,1H3;(H,3,4)(H,5,6). The second-order valence-corrected chi connectivity index (χ2v) is 7.31. The highest BCUT2D eigenvalue weighted by Crippen LogP contribution is 2.18. The molecule has 0 bridgehead atoms. The predicted molar refractivity (Wildman–Crippen MR) is 106 cm³/mol. The molecule has 1 fully saturated rings. The summed E-state index contributed by atoms with van der Waals surface area (Å²) in [5.74, 6) is -1.88. The molecule has 1 aromatic carbocycles. The number of rotatable bonds is 8. The van der Waals surface area contributed by atoms with Crippen LogP contribution in [0.15, 0.2) is 24.3 Å². The van der Waals surface area contributed by atoms with Gasteiger partial charge in [0.05, 0.1) is 6.61 Å². The molecule has 27 heavy (non-hydrogen) atoms. The lowest BCUT2D eigenvalue weighted by Gasteiger charge is -2.30. The molecule has 0 spiro atoms. The van der Waals surface area contributed by atoms with Crippen molar-refractivity contribution in [1.82, 2.24) is 4.90 Å². The van der Waals surface area contributed by atoms with Crippen molar-refractivity contribution in [2.24, 2.45) is 5.92 Å². The Morgan fingerprint density at radius 1 is 1.19 bits per heavy atom. The molecule has 0 aromatic heterocycles. The fourth-order valence-electron chi connectivity index (χ4n) is 3.03. The van der Waals surface area contributed by atoms with E-state index in [9.17, 15) is 0 Å². The van der Waals surface area contributed by atoms with E-state index in [-0.39, 0.29) is 0 Å². The minimum atomic E-state index is -1.82. The van der Waals surface area contributed by atoms with E-state index < -0.39 is 11.9 Å². The van der Waals surface area contributed by atoms with Gasteiger partial charge in [-0.25, -0.2) is 9.59 Å². The van der Waals surface area contributed by atoms with Gasteiger partial charge < -0.3 is 19.8 Å². The van der Waals surface area contributed by atoms with Gasteiger partial charge in [0.1, 0.15) is 5.75 Å². The number of carbonyl (C=O) groups is 2. The number of hydrogen-bond donors (Lipinski definition) is 2. The predicted octanol–water partition coefficient (Wildman–Crippen LogP) is 4.17. The Labute approximate surface area is 166 Å². The SMILES string of the molecule is CC1CCCN(CCCCCCOc2cccc(Cl)c2)C1.O=C(O)C(=O)O. The number of aliphatic carboxylic acids is 2. The smallest absolute Gasteiger partial charge is 0.414 e. The Kier molecular flexibility index (Phi) is 11.5. The quantitative estimate of drug-likeness (QED) is 0.504. The molecule has 2 N–H and O–H groups in total. The largest absolute Gasteiger partial charge is 0.494 e. The molecule has 152 valence electrons. The molecule has 1 aliphatic heterocycles. The fourth-order valence-corrected chi connectivity index (χ4v) is 3.21. The summed E-state index contributed by atoms with van der Waals surface area (Å²) in [6.07, 6.45) is 7.81. The van der Waals surface area contributed by atoms with E-state index in [1.807, 2.05) is 24.3 Å². The number of likely N-dealkylation sites (tertiary alicyclic amines) is 1. The van der Waals surface area contributed by atoms with Crippen molar-refractivity contribution in [3.63, 3.8) is 0 Å². The average Bonchev–Trinajstić information content (AvgIpc) is 2.61. The molecule has 7 heteroatoms. The molecule has 0 saturated carbocycles. The monoisotopic (exact) mass is 399 g/mol. The first-order chi connectivity index (χ1) is 12.9. The summed E-state index contributed by atoms with van der Waals surface area (Å²) in [7, 11) is 0. The topological polar surface area (TPSA) is 87.1 Å². The third kappa shape index (κ3) is 11.5. The van der Waals surface area contributed by atoms with Crippen LogP contribution in [0.4, 0.5) is 0 Å². The molecule has 6 nitrogen and oxygen atoms in total. The van der Waals surface area contributed by atoms with Crippen LogP contribution in [0.25, 0.3) is 0 Å². The van der Waals surface area contributed by atoms with Gasteiger partial charge in [0.25, 0.3) is 0 Å². The van der Waals surface area contributed by atoms with Crippen LogP contribution in [0.5, 0.6) is 5.75 Å². The normalized spacial score (nSPS) is 16.9. The third-order valence-corrected chi connectivity index (χ3v) is 4.59. The summed E-state index contributed by atoms with van der Waals surface area (Å²) in [6.45, 7) is 7.06. The number of halogens is 1. The first-order valence-corrected chi connectivity index (χ1v) is 9.83. The number of benzene rings is 1. The first kappa shape index (κ1) is 23.2. The summed E-state index contributed by atoms with van der Waals surface area (Å²) in [4.78, 5) is 20.8. The summed E-state index contributed by atoms with van der Waals surface area (Å²) in [5.41, 5.74) is 0. The van der Waals surface area contributed by atoms with Crippen molar-refractivity contribution in [2.45, 2.75) is 45.4 Å². The molecule has 0 aliphatic carbocycles.